The largest absolute Gasteiger partial charge is 0.0620 e. The predicted octanol–water partition coefficient (Wildman–Crippen LogP) is 2.98. The maximum absolute atomic E-state index is 2.44. The van der Waals surface area contributed by atoms with E-state index in [4.69, 9.17) is 0 Å². The fourth-order valence-corrected chi connectivity index (χ4v) is 2.66. The molecule has 9 heavy (non-hydrogen) atoms. The molecule has 0 bridgehead atoms. The number of hydrogen-bond donors (Lipinski definition) is 0. The molecule has 0 amide bonds. The summed E-state index contributed by atoms with van der Waals surface area (Å²) in [6, 6.07) is 0. The normalized spacial score (nSPS) is 39.0. The van der Waals surface area contributed by atoms with Gasteiger partial charge in [-0.05, 0) is 37.0 Å². The Morgan fingerprint density at radius 3 is 2.00 bits per heavy atom. The van der Waals surface area contributed by atoms with Crippen molar-refractivity contribution in [1.29, 1.82) is 0 Å². The molecule has 0 nitrogen and oxygen atoms in total. The van der Waals surface area contributed by atoms with Crippen LogP contribution in [0.5, 0.6) is 0 Å². The van der Waals surface area contributed by atoms with E-state index in [0.717, 1.165) is 11.3 Å². The topological polar surface area (TPSA) is 0 Å². The van der Waals surface area contributed by atoms with Crippen molar-refractivity contribution in [2.75, 3.05) is 0 Å². The summed E-state index contributed by atoms with van der Waals surface area (Å²) < 4.78 is 0. The quantitative estimate of drug-likeness (QED) is 0.465. The van der Waals surface area contributed by atoms with Gasteiger partial charge in [-0.1, -0.05) is 19.8 Å². The van der Waals surface area contributed by atoms with Gasteiger partial charge < -0.3 is 0 Å². The first-order valence-electron chi connectivity index (χ1n) is 4.33. The Balaban J connectivity index is 2.06. The first kappa shape index (κ1) is 5.76. The van der Waals surface area contributed by atoms with Gasteiger partial charge in [-0.3, -0.25) is 0 Å². The first-order valence-corrected chi connectivity index (χ1v) is 4.33. The van der Waals surface area contributed by atoms with Crippen molar-refractivity contribution in [3.8, 4) is 0 Å². The molecule has 2 aliphatic carbocycles. The summed E-state index contributed by atoms with van der Waals surface area (Å²) in [5.41, 5.74) is 0.875. The van der Waals surface area contributed by atoms with Crippen molar-refractivity contribution in [3.63, 3.8) is 0 Å². The highest BCUT2D eigenvalue weighted by Crippen LogP contribution is 2.56. The molecule has 0 heteroatoms. The van der Waals surface area contributed by atoms with E-state index in [9.17, 15) is 0 Å². The van der Waals surface area contributed by atoms with Crippen molar-refractivity contribution >= 4 is 0 Å². The van der Waals surface area contributed by atoms with Crippen LogP contribution in [0, 0.1) is 11.3 Å². The lowest BCUT2D eigenvalue weighted by molar-refractivity contribution is 0.0521. The van der Waals surface area contributed by atoms with Crippen LogP contribution in [0.25, 0.3) is 0 Å². The Kier molecular flexibility index (Phi) is 1.12. The van der Waals surface area contributed by atoms with Crippen LogP contribution in [0.3, 0.4) is 0 Å². The summed E-state index contributed by atoms with van der Waals surface area (Å²) in [6.45, 7) is 2.44. The molecule has 0 aromatic heterocycles. The fraction of sp³-hybridized carbons (Fsp3) is 1.00. The van der Waals surface area contributed by atoms with Crippen LogP contribution in [-0.2, 0) is 0 Å². The van der Waals surface area contributed by atoms with Gasteiger partial charge >= 0.3 is 0 Å². The molecule has 2 aliphatic rings. The number of rotatable bonds is 0. The highest BCUT2D eigenvalue weighted by atomic mass is 14.5. The van der Waals surface area contributed by atoms with Crippen molar-refractivity contribution in [2.24, 2.45) is 11.3 Å². The lowest BCUT2D eigenvalue weighted by Crippen LogP contribution is -2.35. The van der Waals surface area contributed by atoms with Crippen molar-refractivity contribution in [1.82, 2.24) is 0 Å². The molecule has 0 saturated heterocycles. The smallest absolute Gasteiger partial charge is 0.0272 e. The Hall–Kier alpha value is 0. The SMILES string of the molecule is CC1CCC12CCCC2. The molecule has 0 aromatic carbocycles. The second-order valence-electron chi connectivity index (χ2n) is 4.01. The molecule has 0 N–H and O–H groups in total. The van der Waals surface area contributed by atoms with Crippen LogP contribution in [0.2, 0.25) is 0 Å². The van der Waals surface area contributed by atoms with Crippen LogP contribution in [0.1, 0.15) is 45.4 Å². The highest BCUT2D eigenvalue weighted by Gasteiger charge is 2.45. The minimum Gasteiger partial charge on any atom is -0.0620 e. The van der Waals surface area contributed by atoms with E-state index in [1.165, 1.54) is 19.3 Å². The van der Waals surface area contributed by atoms with E-state index in [1.54, 1.807) is 19.3 Å². The van der Waals surface area contributed by atoms with Gasteiger partial charge in [0.05, 0.1) is 0 Å². The fourth-order valence-electron chi connectivity index (χ4n) is 2.66. The lowest BCUT2D eigenvalue weighted by Gasteiger charge is -2.45. The minimum atomic E-state index is 0.875. The van der Waals surface area contributed by atoms with E-state index >= 15 is 0 Å². The third kappa shape index (κ3) is 0.653. The molecule has 2 rings (SSSR count). The average Bonchev–Trinajstić information content (AvgIpc) is 2.34. The van der Waals surface area contributed by atoms with Crippen LogP contribution in [0.15, 0.2) is 0 Å². The van der Waals surface area contributed by atoms with E-state index in [2.05, 4.69) is 6.92 Å². The maximum Gasteiger partial charge on any atom is -0.0272 e. The van der Waals surface area contributed by atoms with Gasteiger partial charge in [0.1, 0.15) is 0 Å². The molecule has 0 radical (unpaired) electrons. The Bertz CT molecular complexity index is 109. The molecule has 0 aliphatic heterocycles. The summed E-state index contributed by atoms with van der Waals surface area (Å²) in [5.74, 6) is 1.07. The van der Waals surface area contributed by atoms with Crippen LogP contribution < -0.4 is 0 Å². The summed E-state index contributed by atoms with van der Waals surface area (Å²) in [6.07, 6.45) is 9.20. The van der Waals surface area contributed by atoms with Gasteiger partial charge in [-0.25, -0.2) is 0 Å². The molecule has 2 fully saturated rings. The maximum atomic E-state index is 2.44. The average molecular weight is 124 g/mol. The summed E-state index contributed by atoms with van der Waals surface area (Å²) in [4.78, 5) is 0. The molecule has 2 saturated carbocycles. The summed E-state index contributed by atoms with van der Waals surface area (Å²) >= 11 is 0. The zero-order valence-corrected chi connectivity index (χ0v) is 6.32. The van der Waals surface area contributed by atoms with E-state index in [0.29, 0.717) is 0 Å². The Morgan fingerprint density at radius 1 is 1.11 bits per heavy atom. The van der Waals surface area contributed by atoms with Crippen molar-refractivity contribution in [3.05, 3.63) is 0 Å². The van der Waals surface area contributed by atoms with E-state index in [1.807, 2.05) is 0 Å². The predicted molar refractivity (Wildman–Crippen MR) is 39.3 cm³/mol. The highest BCUT2D eigenvalue weighted by molar-refractivity contribution is 4.96. The summed E-state index contributed by atoms with van der Waals surface area (Å²) in [5, 5.41) is 0. The zero-order valence-electron chi connectivity index (χ0n) is 6.32. The van der Waals surface area contributed by atoms with Gasteiger partial charge in [0.25, 0.3) is 0 Å². The molecule has 0 heterocycles. The molecule has 52 valence electrons. The standard InChI is InChI=1S/C9H16/c1-8-4-7-9(8)5-2-3-6-9/h8H,2-7H2,1H3. The van der Waals surface area contributed by atoms with Crippen LogP contribution in [-0.4, -0.2) is 0 Å². The molecular formula is C9H16. The second kappa shape index (κ2) is 1.74. The Morgan fingerprint density at radius 2 is 1.78 bits per heavy atom. The van der Waals surface area contributed by atoms with Gasteiger partial charge in [0.15, 0.2) is 0 Å². The first-order chi connectivity index (χ1) is 4.33. The molecule has 0 aromatic rings. The van der Waals surface area contributed by atoms with Gasteiger partial charge in [-0.2, -0.15) is 0 Å². The lowest BCUT2D eigenvalue weighted by atomic mass is 9.60. The van der Waals surface area contributed by atoms with Gasteiger partial charge in [0, 0.05) is 0 Å². The monoisotopic (exact) mass is 124 g/mol. The molecule has 1 spiro atoms. The third-order valence-corrected chi connectivity index (χ3v) is 3.72. The molecule has 1 unspecified atom stereocenters. The van der Waals surface area contributed by atoms with E-state index < -0.39 is 0 Å². The van der Waals surface area contributed by atoms with Gasteiger partial charge in [-0.15, -0.1) is 0 Å². The second-order valence-corrected chi connectivity index (χ2v) is 4.01. The van der Waals surface area contributed by atoms with Gasteiger partial charge in [0.2, 0.25) is 0 Å². The minimum absolute atomic E-state index is 0.875. The molecule has 1 atom stereocenters. The van der Waals surface area contributed by atoms with Crippen molar-refractivity contribution in [2.45, 2.75) is 45.4 Å². The zero-order chi connectivity index (χ0) is 6.32. The third-order valence-electron chi connectivity index (χ3n) is 3.72. The van der Waals surface area contributed by atoms with Crippen LogP contribution >= 0.6 is 0 Å². The van der Waals surface area contributed by atoms with E-state index in [-0.39, 0.29) is 0 Å². The molecular weight excluding hydrogens is 108 g/mol. The van der Waals surface area contributed by atoms with Crippen LogP contribution in [0.4, 0.5) is 0 Å². The number of hydrogen-bond acceptors (Lipinski definition) is 0. The summed E-state index contributed by atoms with van der Waals surface area (Å²) in [7, 11) is 0. The Labute approximate surface area is 57.6 Å². The van der Waals surface area contributed by atoms with Crippen molar-refractivity contribution < 1.29 is 0 Å².